The third-order valence-corrected chi connectivity index (χ3v) is 3.16. The largest absolute Gasteiger partial charge is 0.494 e. The molecule has 1 unspecified atom stereocenters. The van der Waals surface area contributed by atoms with Crippen LogP contribution in [0.25, 0.3) is 0 Å². The van der Waals surface area contributed by atoms with Crippen LogP contribution in [0.4, 0.5) is 0 Å². The van der Waals surface area contributed by atoms with Crippen molar-refractivity contribution in [1.82, 2.24) is 5.32 Å². The van der Waals surface area contributed by atoms with E-state index in [1.54, 1.807) is 6.26 Å². The first kappa shape index (κ1) is 14.2. The van der Waals surface area contributed by atoms with Gasteiger partial charge >= 0.3 is 0 Å². The summed E-state index contributed by atoms with van der Waals surface area (Å²) < 4.78 is 16.4. The normalized spacial score (nSPS) is 12.3. The summed E-state index contributed by atoms with van der Waals surface area (Å²) in [5.41, 5.74) is 0. The van der Waals surface area contributed by atoms with Gasteiger partial charge in [0.25, 0.3) is 0 Å². The lowest BCUT2D eigenvalue weighted by atomic mass is 10.3. The maximum Gasteiger partial charge on any atom is 0.119 e. The number of hydrogen-bond acceptors (Lipinski definition) is 3. The van der Waals surface area contributed by atoms with Crippen molar-refractivity contribution in [2.45, 2.75) is 12.8 Å². The Kier molecular flexibility index (Phi) is 7.67. The molecule has 0 aliphatic carbocycles. The molecule has 1 atom stereocenters. The van der Waals surface area contributed by atoms with E-state index >= 15 is 0 Å². The molecule has 1 N–H and O–H groups in total. The molecule has 4 heteroatoms. The van der Waals surface area contributed by atoms with Crippen LogP contribution in [0.5, 0.6) is 5.75 Å². The molecule has 0 amide bonds. The molecule has 1 aromatic carbocycles. The van der Waals surface area contributed by atoms with E-state index in [2.05, 4.69) is 5.32 Å². The fraction of sp³-hybridized carbons (Fsp3) is 0.538. The number of para-hydroxylation sites is 1. The van der Waals surface area contributed by atoms with E-state index in [1.807, 2.05) is 30.3 Å². The molecule has 0 heterocycles. The second kappa shape index (κ2) is 9.19. The molecule has 1 rings (SSSR count). The first-order valence-corrected chi connectivity index (χ1v) is 7.70. The Balaban J connectivity index is 1.90. The van der Waals surface area contributed by atoms with E-state index in [0.29, 0.717) is 0 Å². The quantitative estimate of drug-likeness (QED) is 0.684. The maximum atomic E-state index is 10.8. The van der Waals surface area contributed by atoms with Crippen LogP contribution >= 0.6 is 0 Å². The van der Waals surface area contributed by atoms with Gasteiger partial charge < -0.3 is 10.1 Å². The van der Waals surface area contributed by atoms with Crippen LogP contribution in [0.3, 0.4) is 0 Å². The highest BCUT2D eigenvalue weighted by Crippen LogP contribution is 2.07. The molecule has 3 nitrogen and oxygen atoms in total. The van der Waals surface area contributed by atoms with Crippen molar-refractivity contribution in [2.75, 3.05) is 31.7 Å². The number of ether oxygens (including phenoxy) is 1. The zero-order valence-corrected chi connectivity index (χ0v) is 11.2. The standard InChI is InChI=1S/C13H21NO2S/c1-17(15)12-6-10-14-9-5-11-16-13-7-3-2-4-8-13/h2-4,7-8,14H,5-6,9-12H2,1H3. The predicted molar refractivity (Wildman–Crippen MR) is 73.0 cm³/mol. The molecular formula is C13H21NO2S. The second-order valence-corrected chi connectivity index (χ2v) is 5.45. The lowest BCUT2D eigenvalue weighted by molar-refractivity contribution is 0.308. The summed E-state index contributed by atoms with van der Waals surface area (Å²) in [6.07, 6.45) is 3.71. The Morgan fingerprint density at radius 1 is 1.18 bits per heavy atom. The third-order valence-electron chi connectivity index (χ3n) is 2.30. The summed E-state index contributed by atoms with van der Waals surface area (Å²) in [4.78, 5) is 0. The highest BCUT2D eigenvalue weighted by molar-refractivity contribution is 7.84. The van der Waals surface area contributed by atoms with Gasteiger partial charge in [0.1, 0.15) is 5.75 Å². The minimum Gasteiger partial charge on any atom is -0.494 e. The molecule has 17 heavy (non-hydrogen) atoms. The van der Waals surface area contributed by atoms with Gasteiger partial charge in [-0.15, -0.1) is 0 Å². The summed E-state index contributed by atoms with van der Waals surface area (Å²) in [6, 6.07) is 9.84. The molecule has 0 saturated heterocycles. The number of rotatable bonds is 9. The topological polar surface area (TPSA) is 38.3 Å². The highest BCUT2D eigenvalue weighted by atomic mass is 32.2. The van der Waals surface area contributed by atoms with Crippen molar-refractivity contribution < 1.29 is 8.95 Å². The first-order chi connectivity index (χ1) is 8.29. The van der Waals surface area contributed by atoms with Gasteiger partial charge in [0.05, 0.1) is 6.61 Å². The number of hydrogen-bond donors (Lipinski definition) is 1. The Labute approximate surface area is 106 Å². The van der Waals surface area contributed by atoms with Crippen LogP contribution in [0.15, 0.2) is 30.3 Å². The van der Waals surface area contributed by atoms with Gasteiger partial charge in [-0.3, -0.25) is 4.21 Å². The van der Waals surface area contributed by atoms with Crippen molar-refractivity contribution in [2.24, 2.45) is 0 Å². The SMILES string of the molecule is CS(=O)CCCNCCCOc1ccccc1. The number of nitrogens with one attached hydrogen (secondary N) is 1. The average molecular weight is 255 g/mol. The van der Waals surface area contributed by atoms with E-state index in [-0.39, 0.29) is 0 Å². The van der Waals surface area contributed by atoms with Crippen molar-refractivity contribution >= 4 is 10.8 Å². The number of benzene rings is 1. The fourth-order valence-electron chi connectivity index (χ4n) is 1.43. The Bertz CT molecular complexity index is 316. The summed E-state index contributed by atoms with van der Waals surface area (Å²) >= 11 is 0. The third kappa shape index (κ3) is 7.94. The monoisotopic (exact) mass is 255 g/mol. The van der Waals surface area contributed by atoms with Gasteiger partial charge in [0.15, 0.2) is 0 Å². The highest BCUT2D eigenvalue weighted by Gasteiger charge is 1.93. The Morgan fingerprint density at radius 2 is 1.88 bits per heavy atom. The Morgan fingerprint density at radius 3 is 2.59 bits per heavy atom. The van der Waals surface area contributed by atoms with E-state index in [9.17, 15) is 4.21 Å². The van der Waals surface area contributed by atoms with Gasteiger partial charge in [0.2, 0.25) is 0 Å². The molecule has 0 aliphatic rings. The first-order valence-electron chi connectivity index (χ1n) is 5.97. The summed E-state index contributed by atoms with van der Waals surface area (Å²) in [6.45, 7) is 2.62. The smallest absolute Gasteiger partial charge is 0.119 e. The maximum absolute atomic E-state index is 10.8. The van der Waals surface area contributed by atoms with Crippen LogP contribution in [0, 0.1) is 0 Å². The molecule has 0 radical (unpaired) electrons. The summed E-state index contributed by atoms with van der Waals surface area (Å²) in [5, 5.41) is 3.31. The Hall–Kier alpha value is -0.870. The molecule has 0 aliphatic heterocycles. The van der Waals surface area contributed by atoms with Gasteiger partial charge in [-0.25, -0.2) is 0 Å². The summed E-state index contributed by atoms with van der Waals surface area (Å²) in [5.74, 6) is 1.71. The zero-order chi connectivity index (χ0) is 12.3. The van der Waals surface area contributed by atoms with Crippen LogP contribution in [0.2, 0.25) is 0 Å². The molecule has 0 fully saturated rings. The minimum atomic E-state index is -0.664. The lowest BCUT2D eigenvalue weighted by Crippen LogP contribution is -2.20. The van der Waals surface area contributed by atoms with Crippen LogP contribution in [0.1, 0.15) is 12.8 Å². The van der Waals surface area contributed by atoms with Crippen LogP contribution in [-0.2, 0) is 10.8 Å². The predicted octanol–water partition coefficient (Wildman–Crippen LogP) is 1.81. The van der Waals surface area contributed by atoms with Crippen molar-refractivity contribution in [3.05, 3.63) is 30.3 Å². The van der Waals surface area contributed by atoms with E-state index in [1.165, 1.54) is 0 Å². The van der Waals surface area contributed by atoms with Gasteiger partial charge in [-0.05, 0) is 38.1 Å². The van der Waals surface area contributed by atoms with Gasteiger partial charge in [0, 0.05) is 22.8 Å². The molecule has 1 aromatic rings. The van der Waals surface area contributed by atoms with Gasteiger partial charge in [-0.1, -0.05) is 18.2 Å². The van der Waals surface area contributed by atoms with E-state index < -0.39 is 10.8 Å². The molecule has 0 spiro atoms. The molecular weight excluding hydrogens is 234 g/mol. The van der Waals surface area contributed by atoms with Crippen molar-refractivity contribution in [3.8, 4) is 5.75 Å². The lowest BCUT2D eigenvalue weighted by Gasteiger charge is -2.06. The average Bonchev–Trinajstić information content (AvgIpc) is 2.33. The van der Waals surface area contributed by atoms with E-state index in [4.69, 9.17) is 4.74 Å². The fourth-order valence-corrected chi connectivity index (χ4v) is 1.98. The van der Waals surface area contributed by atoms with Gasteiger partial charge in [-0.2, -0.15) is 0 Å². The second-order valence-electron chi connectivity index (χ2n) is 3.90. The molecule has 0 bridgehead atoms. The van der Waals surface area contributed by atoms with Crippen LogP contribution < -0.4 is 10.1 Å². The molecule has 0 aromatic heterocycles. The molecule has 96 valence electrons. The van der Waals surface area contributed by atoms with Crippen LogP contribution in [-0.4, -0.2) is 35.9 Å². The van der Waals surface area contributed by atoms with Crippen molar-refractivity contribution in [3.63, 3.8) is 0 Å². The zero-order valence-electron chi connectivity index (χ0n) is 10.4. The molecule has 0 saturated carbocycles. The van der Waals surface area contributed by atoms with E-state index in [0.717, 1.165) is 44.0 Å². The summed E-state index contributed by atoms with van der Waals surface area (Å²) in [7, 11) is -0.664. The minimum absolute atomic E-state index is 0.664. The van der Waals surface area contributed by atoms with Crippen molar-refractivity contribution in [1.29, 1.82) is 0 Å².